The summed E-state index contributed by atoms with van der Waals surface area (Å²) in [4.78, 5) is 1.38. The smallest absolute Gasteiger partial charge is 0.0161 e. The van der Waals surface area contributed by atoms with Crippen molar-refractivity contribution in [3.05, 3.63) is 42.5 Å². The summed E-state index contributed by atoms with van der Waals surface area (Å²) < 4.78 is 0. The third kappa shape index (κ3) is 7.76. The van der Waals surface area contributed by atoms with E-state index in [4.69, 9.17) is 0 Å². The molecule has 0 amide bonds. The Morgan fingerprint density at radius 1 is 1.20 bits per heavy atom. The summed E-state index contributed by atoms with van der Waals surface area (Å²) in [5.41, 5.74) is 1.33. The van der Waals surface area contributed by atoms with E-state index in [-0.39, 0.29) is 0 Å². The number of unbranched alkanes of at least 4 members (excludes halogenated alkanes) is 3. The molecule has 112 valence electrons. The van der Waals surface area contributed by atoms with Crippen LogP contribution in [0.15, 0.2) is 41.8 Å². The van der Waals surface area contributed by atoms with Gasteiger partial charge in [0.05, 0.1) is 0 Å². The molecule has 1 atom stereocenters. The first-order valence-corrected chi connectivity index (χ1v) is 8.78. The number of allylic oxidation sites excluding steroid dienone is 1. The maximum absolute atomic E-state index is 3.78. The van der Waals surface area contributed by atoms with Gasteiger partial charge < -0.3 is 5.32 Å². The molecule has 1 rings (SSSR count). The lowest BCUT2D eigenvalue weighted by atomic mass is 10.1. The molecule has 2 heteroatoms. The molecule has 1 aromatic carbocycles. The van der Waals surface area contributed by atoms with Crippen molar-refractivity contribution in [2.45, 2.75) is 56.9 Å². The van der Waals surface area contributed by atoms with E-state index < -0.39 is 0 Å². The van der Waals surface area contributed by atoms with Gasteiger partial charge in [0.1, 0.15) is 0 Å². The van der Waals surface area contributed by atoms with E-state index >= 15 is 0 Å². The first kappa shape index (κ1) is 17.3. The summed E-state index contributed by atoms with van der Waals surface area (Å²) >= 11 is 1.97. The van der Waals surface area contributed by atoms with Crippen LogP contribution in [0, 0.1) is 6.92 Å². The molecule has 0 heterocycles. The topological polar surface area (TPSA) is 12.0 Å². The van der Waals surface area contributed by atoms with Crippen molar-refractivity contribution in [1.82, 2.24) is 5.32 Å². The second-order valence-corrected chi connectivity index (χ2v) is 6.40. The van der Waals surface area contributed by atoms with Crippen molar-refractivity contribution in [2.75, 3.05) is 12.3 Å². The Bertz CT molecular complexity index is 358. The van der Waals surface area contributed by atoms with E-state index in [1.165, 1.54) is 41.9 Å². The Morgan fingerprint density at radius 2 is 1.95 bits per heavy atom. The lowest BCUT2D eigenvalue weighted by Gasteiger charge is -2.17. The highest BCUT2D eigenvalue weighted by Crippen LogP contribution is 2.20. The Labute approximate surface area is 129 Å². The zero-order valence-corrected chi connectivity index (χ0v) is 13.8. The molecule has 0 fully saturated rings. The standard InChI is InChI=1S/C18H29NS/c1-4-6-7-8-9-10-17(19-5-2)15-20-18-13-11-16(3)12-14-18/h4,11-14,17,19H,1,5-10,15H2,2-3H3. The Morgan fingerprint density at radius 3 is 2.60 bits per heavy atom. The van der Waals surface area contributed by atoms with E-state index in [0.717, 1.165) is 13.0 Å². The van der Waals surface area contributed by atoms with Gasteiger partial charge in [-0.3, -0.25) is 0 Å². The highest BCUT2D eigenvalue weighted by Gasteiger charge is 2.07. The summed E-state index contributed by atoms with van der Waals surface area (Å²) in [6.45, 7) is 9.17. The quantitative estimate of drug-likeness (QED) is 0.341. The maximum Gasteiger partial charge on any atom is 0.0161 e. The zero-order chi connectivity index (χ0) is 14.6. The molecule has 0 spiro atoms. The average Bonchev–Trinajstić information content (AvgIpc) is 2.46. The van der Waals surface area contributed by atoms with Crippen LogP contribution in [0.4, 0.5) is 0 Å². The number of hydrogen-bond acceptors (Lipinski definition) is 2. The molecule has 0 aliphatic carbocycles. The van der Waals surface area contributed by atoms with Crippen LogP contribution in [-0.2, 0) is 0 Å². The number of rotatable bonds is 11. The Kier molecular flexibility index (Phi) is 9.52. The van der Waals surface area contributed by atoms with Crippen molar-refractivity contribution in [3.8, 4) is 0 Å². The second kappa shape index (κ2) is 11.0. The molecule has 20 heavy (non-hydrogen) atoms. The molecule has 1 unspecified atom stereocenters. The van der Waals surface area contributed by atoms with Gasteiger partial charge in [-0.15, -0.1) is 18.3 Å². The van der Waals surface area contributed by atoms with Gasteiger partial charge in [-0.1, -0.05) is 43.5 Å². The van der Waals surface area contributed by atoms with Crippen LogP contribution in [0.3, 0.4) is 0 Å². The van der Waals surface area contributed by atoms with Crippen LogP contribution in [0.25, 0.3) is 0 Å². The highest BCUT2D eigenvalue weighted by atomic mass is 32.2. The number of nitrogens with one attached hydrogen (secondary N) is 1. The van der Waals surface area contributed by atoms with Gasteiger partial charge in [0.15, 0.2) is 0 Å². The first-order valence-electron chi connectivity index (χ1n) is 7.80. The molecule has 0 saturated carbocycles. The second-order valence-electron chi connectivity index (χ2n) is 5.31. The summed E-state index contributed by atoms with van der Waals surface area (Å²) in [6.07, 6.45) is 8.39. The third-order valence-corrected chi connectivity index (χ3v) is 4.60. The summed E-state index contributed by atoms with van der Waals surface area (Å²) in [7, 11) is 0. The van der Waals surface area contributed by atoms with Crippen molar-refractivity contribution < 1.29 is 0 Å². The van der Waals surface area contributed by atoms with E-state index in [1.807, 2.05) is 17.8 Å². The third-order valence-electron chi connectivity index (χ3n) is 3.43. The molecule has 0 bridgehead atoms. The van der Waals surface area contributed by atoms with Gasteiger partial charge in [-0.2, -0.15) is 0 Å². The van der Waals surface area contributed by atoms with Crippen molar-refractivity contribution in [3.63, 3.8) is 0 Å². The molecule has 1 aromatic rings. The number of thioether (sulfide) groups is 1. The maximum atomic E-state index is 3.78. The van der Waals surface area contributed by atoms with E-state index in [1.54, 1.807) is 0 Å². The molecule has 0 aromatic heterocycles. The van der Waals surface area contributed by atoms with Gasteiger partial charge in [-0.25, -0.2) is 0 Å². The van der Waals surface area contributed by atoms with E-state index in [9.17, 15) is 0 Å². The van der Waals surface area contributed by atoms with Gasteiger partial charge in [0, 0.05) is 16.7 Å². The normalized spacial score (nSPS) is 12.3. The van der Waals surface area contributed by atoms with Crippen LogP contribution in [0.1, 0.15) is 44.6 Å². The average molecular weight is 292 g/mol. The first-order chi connectivity index (χ1) is 9.76. The van der Waals surface area contributed by atoms with Gasteiger partial charge in [-0.05, 0) is 44.9 Å². The van der Waals surface area contributed by atoms with Gasteiger partial charge in [0.25, 0.3) is 0 Å². The molecule has 1 nitrogen and oxygen atoms in total. The van der Waals surface area contributed by atoms with Gasteiger partial charge in [0.2, 0.25) is 0 Å². The molecule has 0 aliphatic heterocycles. The fourth-order valence-electron chi connectivity index (χ4n) is 2.22. The van der Waals surface area contributed by atoms with Gasteiger partial charge >= 0.3 is 0 Å². The summed E-state index contributed by atoms with van der Waals surface area (Å²) in [5.74, 6) is 1.17. The highest BCUT2D eigenvalue weighted by molar-refractivity contribution is 7.99. The van der Waals surface area contributed by atoms with E-state index in [0.29, 0.717) is 6.04 Å². The molecule has 0 radical (unpaired) electrons. The predicted molar refractivity (Wildman–Crippen MR) is 92.6 cm³/mol. The summed E-state index contributed by atoms with van der Waals surface area (Å²) in [6, 6.07) is 9.48. The minimum atomic E-state index is 0.634. The van der Waals surface area contributed by atoms with Crippen LogP contribution >= 0.6 is 11.8 Å². The van der Waals surface area contributed by atoms with Crippen LogP contribution < -0.4 is 5.32 Å². The minimum Gasteiger partial charge on any atom is -0.313 e. The Hall–Kier alpha value is -0.730. The SMILES string of the molecule is C=CCCCCCC(CSc1ccc(C)cc1)NCC. The molecular formula is C18H29NS. The summed E-state index contributed by atoms with van der Waals surface area (Å²) in [5, 5.41) is 3.61. The molecule has 0 aliphatic rings. The molecule has 1 N–H and O–H groups in total. The van der Waals surface area contributed by atoms with Crippen molar-refractivity contribution in [1.29, 1.82) is 0 Å². The lowest BCUT2D eigenvalue weighted by Crippen LogP contribution is -2.31. The number of aryl methyl sites for hydroxylation is 1. The lowest BCUT2D eigenvalue weighted by molar-refractivity contribution is 0.502. The van der Waals surface area contributed by atoms with Crippen molar-refractivity contribution in [2.24, 2.45) is 0 Å². The van der Waals surface area contributed by atoms with Crippen molar-refractivity contribution >= 4 is 11.8 Å². The predicted octanol–water partition coefficient (Wildman–Crippen LogP) is 5.20. The fourth-order valence-corrected chi connectivity index (χ4v) is 3.23. The molecular weight excluding hydrogens is 262 g/mol. The number of hydrogen-bond donors (Lipinski definition) is 1. The minimum absolute atomic E-state index is 0.634. The Balaban J connectivity index is 2.27. The largest absolute Gasteiger partial charge is 0.313 e. The van der Waals surface area contributed by atoms with E-state index in [2.05, 4.69) is 50.0 Å². The monoisotopic (exact) mass is 291 g/mol. The number of benzene rings is 1. The van der Waals surface area contributed by atoms with Crippen LogP contribution in [0.5, 0.6) is 0 Å². The van der Waals surface area contributed by atoms with Crippen LogP contribution in [0.2, 0.25) is 0 Å². The zero-order valence-electron chi connectivity index (χ0n) is 13.0. The molecule has 0 saturated heterocycles. The van der Waals surface area contributed by atoms with Crippen LogP contribution in [-0.4, -0.2) is 18.3 Å². The fraction of sp³-hybridized carbons (Fsp3) is 0.556.